The molecule has 1 aliphatic heterocycles. The minimum atomic E-state index is -4.38. The molecular formula is C20H18F3N3O. The highest BCUT2D eigenvalue weighted by Gasteiger charge is 2.30. The molecule has 3 rings (SSSR count). The molecule has 0 saturated heterocycles. The maximum atomic E-state index is 12.7. The quantitative estimate of drug-likeness (QED) is 0.481. The number of alkyl halides is 3. The summed E-state index contributed by atoms with van der Waals surface area (Å²) in [5.74, 6) is 6.44. The van der Waals surface area contributed by atoms with Gasteiger partial charge in [0.2, 0.25) is 0 Å². The molecule has 0 radical (unpaired) electrons. The topological polar surface area (TPSA) is 59.6 Å². The average molecular weight is 373 g/mol. The van der Waals surface area contributed by atoms with Crippen LogP contribution in [-0.2, 0) is 6.18 Å². The number of nitrogens with zero attached hydrogens (tertiary/aromatic N) is 1. The van der Waals surface area contributed by atoms with Crippen molar-refractivity contribution in [2.45, 2.75) is 18.6 Å². The summed E-state index contributed by atoms with van der Waals surface area (Å²) >= 11 is 0. The van der Waals surface area contributed by atoms with E-state index in [9.17, 15) is 13.2 Å². The first-order valence-electron chi connectivity index (χ1n) is 8.38. The summed E-state index contributed by atoms with van der Waals surface area (Å²) in [7, 11) is 0. The Morgan fingerprint density at radius 3 is 2.85 bits per heavy atom. The second kappa shape index (κ2) is 8.04. The molecule has 0 aromatic heterocycles. The second-order valence-corrected chi connectivity index (χ2v) is 5.95. The summed E-state index contributed by atoms with van der Waals surface area (Å²) in [6.07, 6.45) is -3.63. The Kier molecular flexibility index (Phi) is 5.55. The Bertz CT molecular complexity index is 897. The van der Waals surface area contributed by atoms with Gasteiger partial charge in [0, 0.05) is 17.5 Å². The van der Waals surface area contributed by atoms with Gasteiger partial charge in [0.25, 0.3) is 0 Å². The van der Waals surface area contributed by atoms with Crippen LogP contribution >= 0.6 is 0 Å². The summed E-state index contributed by atoms with van der Waals surface area (Å²) in [5, 5.41) is 3.13. The molecule has 1 atom stereocenters. The van der Waals surface area contributed by atoms with Crippen molar-refractivity contribution in [3.05, 3.63) is 65.2 Å². The van der Waals surface area contributed by atoms with Gasteiger partial charge in [-0.05, 0) is 24.3 Å². The van der Waals surface area contributed by atoms with Gasteiger partial charge in [-0.3, -0.25) is 0 Å². The average Bonchev–Trinajstić information content (AvgIpc) is 2.65. The van der Waals surface area contributed by atoms with Crippen molar-refractivity contribution in [2.24, 2.45) is 10.7 Å². The SMILES string of the molecule is NC(=NCC#Cc1cccc(C(F)(F)F)c1)NC1CCOc2ccccc21. The Balaban J connectivity index is 1.61. The molecule has 140 valence electrons. The maximum absolute atomic E-state index is 12.7. The van der Waals surface area contributed by atoms with Crippen LogP contribution in [0.25, 0.3) is 0 Å². The van der Waals surface area contributed by atoms with Crippen molar-refractivity contribution >= 4 is 5.96 Å². The van der Waals surface area contributed by atoms with Crippen molar-refractivity contribution in [3.63, 3.8) is 0 Å². The molecule has 0 spiro atoms. The molecule has 2 aromatic rings. The van der Waals surface area contributed by atoms with Crippen molar-refractivity contribution in [1.82, 2.24) is 5.32 Å². The summed E-state index contributed by atoms with van der Waals surface area (Å²) in [6.45, 7) is 0.664. The molecule has 1 unspecified atom stereocenters. The van der Waals surface area contributed by atoms with E-state index in [1.54, 1.807) is 0 Å². The van der Waals surface area contributed by atoms with Gasteiger partial charge < -0.3 is 15.8 Å². The van der Waals surface area contributed by atoms with Crippen molar-refractivity contribution in [1.29, 1.82) is 0 Å². The monoisotopic (exact) mass is 373 g/mol. The highest BCUT2D eigenvalue weighted by atomic mass is 19.4. The Morgan fingerprint density at radius 2 is 2.04 bits per heavy atom. The molecule has 1 aliphatic rings. The number of nitrogens with two attached hydrogens (primary N) is 1. The lowest BCUT2D eigenvalue weighted by Crippen LogP contribution is -2.37. The normalized spacial score (nSPS) is 16.6. The molecule has 0 bridgehead atoms. The van der Waals surface area contributed by atoms with E-state index in [2.05, 4.69) is 22.2 Å². The summed E-state index contributed by atoms with van der Waals surface area (Å²) < 4.78 is 43.7. The fraction of sp³-hybridized carbons (Fsp3) is 0.250. The first kappa shape index (κ1) is 18.6. The smallest absolute Gasteiger partial charge is 0.416 e. The number of nitrogens with one attached hydrogen (secondary N) is 1. The van der Waals surface area contributed by atoms with Gasteiger partial charge in [0.1, 0.15) is 12.3 Å². The third-order valence-corrected chi connectivity index (χ3v) is 4.03. The van der Waals surface area contributed by atoms with E-state index in [0.717, 1.165) is 29.9 Å². The second-order valence-electron chi connectivity index (χ2n) is 5.95. The van der Waals surface area contributed by atoms with Gasteiger partial charge >= 0.3 is 6.18 Å². The number of ether oxygens (including phenoxy) is 1. The number of halogens is 3. The van der Waals surface area contributed by atoms with E-state index in [0.29, 0.717) is 6.61 Å². The first-order chi connectivity index (χ1) is 12.9. The molecule has 3 N–H and O–H groups in total. The van der Waals surface area contributed by atoms with E-state index < -0.39 is 11.7 Å². The molecule has 0 fully saturated rings. The van der Waals surface area contributed by atoms with E-state index in [4.69, 9.17) is 10.5 Å². The van der Waals surface area contributed by atoms with Crippen LogP contribution in [0.1, 0.15) is 29.2 Å². The Labute approximate surface area is 155 Å². The molecule has 2 aromatic carbocycles. The summed E-state index contributed by atoms with van der Waals surface area (Å²) in [6, 6.07) is 12.6. The van der Waals surface area contributed by atoms with Gasteiger partial charge in [-0.25, -0.2) is 4.99 Å². The van der Waals surface area contributed by atoms with Gasteiger partial charge in [0.05, 0.1) is 18.2 Å². The molecular weight excluding hydrogens is 355 g/mol. The maximum Gasteiger partial charge on any atom is 0.416 e. The van der Waals surface area contributed by atoms with E-state index in [-0.39, 0.29) is 24.1 Å². The molecule has 0 aliphatic carbocycles. The number of hydrogen-bond acceptors (Lipinski definition) is 2. The molecule has 0 amide bonds. The zero-order valence-electron chi connectivity index (χ0n) is 14.4. The van der Waals surface area contributed by atoms with Crippen molar-refractivity contribution in [2.75, 3.05) is 13.2 Å². The van der Waals surface area contributed by atoms with E-state index in [1.807, 2.05) is 24.3 Å². The number of benzene rings is 2. The van der Waals surface area contributed by atoms with Crippen LogP contribution in [0.3, 0.4) is 0 Å². The standard InChI is InChI=1S/C20H18F3N3O/c21-20(22,23)15-7-3-5-14(13-15)6-4-11-25-19(24)26-17-10-12-27-18-9-2-1-8-16(17)18/h1-3,5,7-9,13,17H,10-12H2,(H3,24,25,26). The van der Waals surface area contributed by atoms with Gasteiger partial charge in [0.15, 0.2) is 5.96 Å². The minimum absolute atomic E-state index is 0.00451. The predicted molar refractivity (Wildman–Crippen MR) is 97.2 cm³/mol. The fourth-order valence-corrected chi connectivity index (χ4v) is 2.76. The molecule has 27 heavy (non-hydrogen) atoms. The predicted octanol–water partition coefficient (Wildman–Crippen LogP) is 3.49. The molecule has 1 heterocycles. The Morgan fingerprint density at radius 1 is 1.22 bits per heavy atom. The van der Waals surface area contributed by atoms with Crippen LogP contribution in [0.15, 0.2) is 53.5 Å². The summed E-state index contributed by atoms with van der Waals surface area (Å²) in [5.41, 5.74) is 6.47. The lowest BCUT2D eigenvalue weighted by Gasteiger charge is -2.26. The van der Waals surface area contributed by atoms with E-state index in [1.165, 1.54) is 12.1 Å². The van der Waals surface area contributed by atoms with Crippen LogP contribution in [0.4, 0.5) is 13.2 Å². The highest BCUT2D eigenvalue weighted by Crippen LogP contribution is 2.31. The number of aliphatic imine (C=N–C) groups is 1. The van der Waals surface area contributed by atoms with Gasteiger partial charge in [-0.15, -0.1) is 0 Å². The van der Waals surface area contributed by atoms with Crippen LogP contribution < -0.4 is 15.8 Å². The highest BCUT2D eigenvalue weighted by molar-refractivity contribution is 5.78. The lowest BCUT2D eigenvalue weighted by molar-refractivity contribution is -0.137. The number of hydrogen-bond donors (Lipinski definition) is 2. The van der Waals surface area contributed by atoms with Crippen LogP contribution in [0.2, 0.25) is 0 Å². The molecule has 7 heteroatoms. The van der Waals surface area contributed by atoms with Crippen LogP contribution in [0, 0.1) is 11.8 Å². The van der Waals surface area contributed by atoms with Gasteiger partial charge in [-0.2, -0.15) is 13.2 Å². The van der Waals surface area contributed by atoms with Crippen molar-refractivity contribution in [3.8, 4) is 17.6 Å². The molecule has 0 saturated carbocycles. The van der Waals surface area contributed by atoms with Crippen molar-refractivity contribution < 1.29 is 17.9 Å². The molecule has 4 nitrogen and oxygen atoms in total. The lowest BCUT2D eigenvalue weighted by atomic mass is 10.0. The largest absolute Gasteiger partial charge is 0.493 e. The van der Waals surface area contributed by atoms with Crippen LogP contribution in [-0.4, -0.2) is 19.1 Å². The van der Waals surface area contributed by atoms with E-state index >= 15 is 0 Å². The number of rotatable bonds is 2. The minimum Gasteiger partial charge on any atom is -0.493 e. The fourth-order valence-electron chi connectivity index (χ4n) is 2.76. The zero-order chi connectivity index (χ0) is 19.3. The first-order valence-corrected chi connectivity index (χ1v) is 8.38. The third-order valence-electron chi connectivity index (χ3n) is 4.03. The third kappa shape index (κ3) is 4.94. The Hall–Kier alpha value is -3.14. The number of para-hydroxylation sites is 1. The van der Waals surface area contributed by atoms with Gasteiger partial charge in [-0.1, -0.05) is 36.1 Å². The zero-order valence-corrected chi connectivity index (χ0v) is 14.4. The number of fused-ring (bicyclic) bond motifs is 1. The number of guanidine groups is 1. The van der Waals surface area contributed by atoms with Crippen LogP contribution in [0.5, 0.6) is 5.75 Å². The summed E-state index contributed by atoms with van der Waals surface area (Å²) in [4.78, 5) is 4.12.